The Labute approximate surface area is 184 Å². The number of halogens is 1. The van der Waals surface area contributed by atoms with Gasteiger partial charge >= 0.3 is 0 Å². The lowest BCUT2D eigenvalue weighted by Crippen LogP contribution is -2.42. The van der Waals surface area contributed by atoms with Crippen molar-refractivity contribution in [1.29, 1.82) is 0 Å². The van der Waals surface area contributed by atoms with Gasteiger partial charge in [0.2, 0.25) is 0 Å². The molecule has 0 unspecified atom stereocenters. The van der Waals surface area contributed by atoms with E-state index in [4.69, 9.17) is 4.74 Å². The zero-order valence-corrected chi connectivity index (χ0v) is 18.6. The van der Waals surface area contributed by atoms with Gasteiger partial charge in [0, 0.05) is 21.4 Å². The van der Waals surface area contributed by atoms with Crippen molar-refractivity contribution in [1.82, 2.24) is 0 Å². The number of ether oxygens (including phenoxy) is 1. The lowest BCUT2D eigenvalue weighted by atomic mass is 10.1. The van der Waals surface area contributed by atoms with Crippen molar-refractivity contribution in [3.8, 4) is 5.75 Å². The minimum atomic E-state index is -1.07. The monoisotopic (exact) mass is 466 g/mol. The number of carbonyl (C=O) groups is 2. The van der Waals surface area contributed by atoms with E-state index in [0.717, 1.165) is 10.0 Å². The van der Waals surface area contributed by atoms with Gasteiger partial charge in [0.05, 0.1) is 0 Å². The van der Waals surface area contributed by atoms with Crippen molar-refractivity contribution in [3.63, 3.8) is 0 Å². The summed E-state index contributed by atoms with van der Waals surface area (Å²) in [6.07, 6.45) is 0. The summed E-state index contributed by atoms with van der Waals surface area (Å²) in [5, 5.41) is 5.78. The first-order chi connectivity index (χ1) is 14.2. The van der Waals surface area contributed by atoms with Crippen LogP contribution in [0.15, 0.2) is 77.3 Å². The van der Waals surface area contributed by atoms with Crippen LogP contribution in [0.25, 0.3) is 0 Å². The Bertz CT molecular complexity index is 1050. The van der Waals surface area contributed by atoms with Gasteiger partial charge in [-0.15, -0.1) is 0 Å². The largest absolute Gasteiger partial charge is 0.478 e. The molecule has 154 valence electrons. The molecular formula is C24H23BrN2O3. The number of hydrogen-bond acceptors (Lipinski definition) is 3. The number of hydrogen-bond donors (Lipinski definition) is 2. The number of anilines is 2. The number of benzene rings is 3. The van der Waals surface area contributed by atoms with Gasteiger partial charge in [0.25, 0.3) is 11.8 Å². The number of amides is 2. The van der Waals surface area contributed by atoms with Gasteiger partial charge < -0.3 is 15.4 Å². The summed E-state index contributed by atoms with van der Waals surface area (Å²) in [6, 6.07) is 21.7. The molecule has 0 radical (unpaired) electrons. The Morgan fingerprint density at radius 1 is 0.900 bits per heavy atom. The molecule has 0 saturated heterocycles. The Balaban J connectivity index is 1.66. The summed E-state index contributed by atoms with van der Waals surface area (Å²) < 4.78 is 6.79. The van der Waals surface area contributed by atoms with E-state index in [2.05, 4.69) is 26.6 Å². The van der Waals surface area contributed by atoms with Crippen LogP contribution >= 0.6 is 15.9 Å². The second-order valence-electron chi connectivity index (χ2n) is 7.37. The molecular weight excluding hydrogens is 444 g/mol. The third-order valence-electron chi connectivity index (χ3n) is 4.50. The highest BCUT2D eigenvalue weighted by molar-refractivity contribution is 9.10. The summed E-state index contributed by atoms with van der Waals surface area (Å²) in [7, 11) is 0. The molecule has 30 heavy (non-hydrogen) atoms. The van der Waals surface area contributed by atoms with E-state index in [1.807, 2.05) is 43.3 Å². The predicted molar refractivity (Wildman–Crippen MR) is 123 cm³/mol. The van der Waals surface area contributed by atoms with Gasteiger partial charge in [-0.25, -0.2) is 0 Å². The van der Waals surface area contributed by atoms with Gasteiger partial charge in [-0.1, -0.05) is 34.1 Å². The highest BCUT2D eigenvalue weighted by Crippen LogP contribution is 2.24. The number of aryl methyl sites for hydroxylation is 1. The normalized spacial score (nSPS) is 10.9. The zero-order chi connectivity index (χ0) is 21.7. The molecule has 0 aliphatic carbocycles. The standard InChI is InChI=1S/C24H23BrN2O3/c1-16-15-19(11-14-21(16)27-22(28)17-7-5-4-6-8-17)26-23(29)24(2,3)30-20-12-9-18(25)10-13-20/h4-15H,1-3H3,(H,26,29)(H,27,28). The third-order valence-corrected chi connectivity index (χ3v) is 5.03. The molecule has 0 spiro atoms. The van der Waals surface area contributed by atoms with Crippen LogP contribution in [0.2, 0.25) is 0 Å². The summed E-state index contributed by atoms with van der Waals surface area (Å²) in [6.45, 7) is 5.30. The zero-order valence-electron chi connectivity index (χ0n) is 17.0. The molecule has 5 nitrogen and oxygen atoms in total. The second-order valence-corrected chi connectivity index (χ2v) is 8.29. The smallest absolute Gasteiger partial charge is 0.267 e. The predicted octanol–water partition coefficient (Wildman–Crippen LogP) is 5.81. The van der Waals surface area contributed by atoms with Gasteiger partial charge in [-0.3, -0.25) is 9.59 Å². The fourth-order valence-corrected chi connectivity index (χ4v) is 3.06. The average molecular weight is 467 g/mol. The van der Waals surface area contributed by atoms with E-state index in [1.165, 1.54) is 0 Å². The summed E-state index contributed by atoms with van der Waals surface area (Å²) in [5.41, 5.74) is 1.67. The van der Waals surface area contributed by atoms with Crippen molar-refractivity contribution in [2.75, 3.05) is 10.6 Å². The summed E-state index contributed by atoms with van der Waals surface area (Å²) in [5.74, 6) is 0.152. The van der Waals surface area contributed by atoms with Crippen molar-refractivity contribution >= 4 is 39.1 Å². The molecule has 0 atom stereocenters. The van der Waals surface area contributed by atoms with Crippen LogP contribution in [-0.2, 0) is 4.79 Å². The summed E-state index contributed by atoms with van der Waals surface area (Å²) >= 11 is 3.38. The molecule has 6 heteroatoms. The fourth-order valence-electron chi connectivity index (χ4n) is 2.79. The number of carbonyl (C=O) groups excluding carboxylic acids is 2. The van der Waals surface area contributed by atoms with Crippen molar-refractivity contribution in [2.45, 2.75) is 26.4 Å². The molecule has 0 heterocycles. The SMILES string of the molecule is Cc1cc(NC(=O)C(C)(C)Oc2ccc(Br)cc2)ccc1NC(=O)c1ccccc1. The molecule has 0 aliphatic heterocycles. The Morgan fingerprint density at radius 3 is 2.20 bits per heavy atom. The van der Waals surface area contributed by atoms with E-state index >= 15 is 0 Å². The quantitative estimate of drug-likeness (QED) is 0.481. The molecule has 0 fully saturated rings. The maximum Gasteiger partial charge on any atom is 0.267 e. The van der Waals surface area contributed by atoms with Crippen molar-refractivity contribution < 1.29 is 14.3 Å². The maximum absolute atomic E-state index is 12.7. The molecule has 3 rings (SSSR count). The van der Waals surface area contributed by atoms with E-state index in [0.29, 0.717) is 22.7 Å². The van der Waals surface area contributed by atoms with E-state index in [9.17, 15) is 9.59 Å². The van der Waals surface area contributed by atoms with Crippen molar-refractivity contribution in [3.05, 3.63) is 88.4 Å². The molecule has 0 aromatic heterocycles. The van der Waals surface area contributed by atoms with Crippen LogP contribution in [0.4, 0.5) is 11.4 Å². The van der Waals surface area contributed by atoms with Gasteiger partial charge in [-0.2, -0.15) is 0 Å². The topological polar surface area (TPSA) is 67.4 Å². The van der Waals surface area contributed by atoms with Gasteiger partial charge in [-0.05, 0) is 80.9 Å². The first-order valence-corrected chi connectivity index (χ1v) is 10.3. The van der Waals surface area contributed by atoms with Crippen LogP contribution in [0.5, 0.6) is 5.75 Å². The molecule has 0 bridgehead atoms. The molecule has 3 aromatic rings. The van der Waals surface area contributed by atoms with Crippen LogP contribution in [0.1, 0.15) is 29.8 Å². The Morgan fingerprint density at radius 2 is 1.57 bits per heavy atom. The minimum Gasteiger partial charge on any atom is -0.478 e. The second kappa shape index (κ2) is 9.13. The first-order valence-electron chi connectivity index (χ1n) is 9.48. The number of nitrogens with one attached hydrogen (secondary N) is 2. The van der Waals surface area contributed by atoms with Crippen molar-refractivity contribution in [2.24, 2.45) is 0 Å². The van der Waals surface area contributed by atoms with Crippen LogP contribution < -0.4 is 15.4 Å². The highest BCUT2D eigenvalue weighted by Gasteiger charge is 2.30. The molecule has 2 N–H and O–H groups in total. The van der Waals surface area contributed by atoms with Crippen LogP contribution in [0, 0.1) is 6.92 Å². The van der Waals surface area contributed by atoms with Crippen LogP contribution in [0.3, 0.4) is 0 Å². The van der Waals surface area contributed by atoms with E-state index < -0.39 is 5.60 Å². The van der Waals surface area contributed by atoms with Gasteiger partial charge in [0.15, 0.2) is 5.60 Å². The lowest BCUT2D eigenvalue weighted by Gasteiger charge is -2.25. The average Bonchev–Trinajstić information content (AvgIpc) is 2.72. The molecule has 0 aliphatic rings. The molecule has 2 amide bonds. The third kappa shape index (κ3) is 5.48. The van der Waals surface area contributed by atoms with Crippen LogP contribution in [-0.4, -0.2) is 17.4 Å². The minimum absolute atomic E-state index is 0.181. The summed E-state index contributed by atoms with van der Waals surface area (Å²) in [4.78, 5) is 25.1. The molecule has 3 aromatic carbocycles. The fraction of sp³-hybridized carbons (Fsp3) is 0.167. The maximum atomic E-state index is 12.7. The van der Waals surface area contributed by atoms with E-state index in [-0.39, 0.29) is 11.8 Å². The Kier molecular flexibility index (Phi) is 6.57. The van der Waals surface area contributed by atoms with E-state index in [1.54, 1.807) is 50.2 Å². The first kappa shape index (κ1) is 21.6. The molecule has 0 saturated carbocycles. The lowest BCUT2D eigenvalue weighted by molar-refractivity contribution is -0.128. The number of rotatable bonds is 6. The highest BCUT2D eigenvalue weighted by atomic mass is 79.9. The Hall–Kier alpha value is -3.12. The van der Waals surface area contributed by atoms with Gasteiger partial charge in [0.1, 0.15) is 5.75 Å².